The first kappa shape index (κ1) is 16.5. The van der Waals surface area contributed by atoms with Gasteiger partial charge in [0.05, 0.1) is 0 Å². The number of carbonyl (C=O) groups excluding carboxylic acids is 1. The molecule has 0 spiro atoms. The maximum Gasteiger partial charge on any atom is 0.315 e. The quantitative estimate of drug-likeness (QED) is 0.774. The molecule has 0 aromatic heterocycles. The van der Waals surface area contributed by atoms with Crippen LogP contribution in [0.2, 0.25) is 0 Å². The Hall–Kier alpha value is -1.89. The average molecular weight is 313 g/mol. The van der Waals surface area contributed by atoms with Crippen molar-refractivity contribution >= 4 is 11.7 Å². The summed E-state index contributed by atoms with van der Waals surface area (Å²) < 4.78 is 27.5. The van der Waals surface area contributed by atoms with Crippen molar-refractivity contribution in [3.05, 3.63) is 29.8 Å². The number of halogens is 2. The second-order valence-electron chi connectivity index (χ2n) is 5.53. The number of aliphatic hydroxyl groups is 1. The minimum atomic E-state index is -0.596. The molecule has 1 unspecified atom stereocenters. The van der Waals surface area contributed by atoms with Crippen molar-refractivity contribution in [2.24, 2.45) is 0 Å². The molecule has 1 aromatic carbocycles. The molecule has 0 radical (unpaired) electrons. The van der Waals surface area contributed by atoms with Crippen molar-refractivity contribution in [1.29, 1.82) is 0 Å². The Bertz CT molecular complexity index is 507. The summed E-state index contributed by atoms with van der Waals surface area (Å²) >= 11 is 0. The number of urea groups is 1. The maximum atomic E-state index is 13.7. The molecule has 1 aliphatic rings. The molecule has 2 amide bonds. The fourth-order valence-electron chi connectivity index (χ4n) is 2.59. The molecular weight excluding hydrogens is 292 g/mol. The zero-order valence-electron chi connectivity index (χ0n) is 12.5. The lowest BCUT2D eigenvalue weighted by Crippen LogP contribution is -2.46. The van der Waals surface area contributed by atoms with Crippen LogP contribution in [0.15, 0.2) is 18.2 Å². The van der Waals surface area contributed by atoms with Crippen LogP contribution in [0.5, 0.6) is 0 Å². The number of nitrogens with one attached hydrogen (secondary N) is 2. The summed E-state index contributed by atoms with van der Waals surface area (Å²) in [6.45, 7) is 2.64. The van der Waals surface area contributed by atoms with Gasteiger partial charge in [-0.05, 0) is 31.9 Å². The topological polar surface area (TPSA) is 64.6 Å². The van der Waals surface area contributed by atoms with Crippen LogP contribution >= 0.6 is 0 Å². The van der Waals surface area contributed by atoms with Crippen LogP contribution in [0.3, 0.4) is 0 Å². The molecule has 1 saturated heterocycles. The maximum absolute atomic E-state index is 13.7. The first-order chi connectivity index (χ1) is 10.5. The number of carbonyl (C=O) groups is 1. The first-order valence-corrected chi connectivity index (χ1v) is 7.38. The molecule has 122 valence electrons. The Morgan fingerprint density at radius 2 is 2.14 bits per heavy atom. The van der Waals surface area contributed by atoms with Crippen molar-refractivity contribution in [1.82, 2.24) is 10.6 Å². The number of nitrogens with zero attached hydrogens (tertiary/aromatic N) is 1. The number of anilines is 1. The second kappa shape index (κ2) is 7.40. The summed E-state index contributed by atoms with van der Waals surface area (Å²) in [5, 5.41) is 14.3. The zero-order valence-corrected chi connectivity index (χ0v) is 12.5. The van der Waals surface area contributed by atoms with Gasteiger partial charge in [0.2, 0.25) is 0 Å². The fourth-order valence-corrected chi connectivity index (χ4v) is 2.59. The highest BCUT2D eigenvalue weighted by atomic mass is 19.1. The third-order valence-electron chi connectivity index (χ3n) is 3.72. The molecule has 0 aliphatic carbocycles. The molecule has 0 saturated carbocycles. The average Bonchev–Trinajstić information content (AvgIpc) is 2.86. The van der Waals surface area contributed by atoms with E-state index >= 15 is 0 Å². The van der Waals surface area contributed by atoms with Crippen LogP contribution in [0.1, 0.15) is 19.8 Å². The van der Waals surface area contributed by atoms with E-state index in [1.807, 2.05) is 0 Å². The van der Waals surface area contributed by atoms with Gasteiger partial charge in [-0.2, -0.15) is 0 Å². The summed E-state index contributed by atoms with van der Waals surface area (Å²) in [6.07, 6.45) is 1.10. The lowest BCUT2D eigenvalue weighted by atomic mass is 10.2. The highest BCUT2D eigenvalue weighted by molar-refractivity contribution is 5.74. The summed E-state index contributed by atoms with van der Waals surface area (Å²) in [6, 6.07) is 3.15. The van der Waals surface area contributed by atoms with Gasteiger partial charge in [0.25, 0.3) is 0 Å². The lowest BCUT2D eigenvalue weighted by Gasteiger charge is -2.21. The van der Waals surface area contributed by atoms with E-state index in [2.05, 4.69) is 10.6 Å². The highest BCUT2D eigenvalue weighted by Crippen LogP contribution is 2.26. The molecule has 5 nitrogen and oxygen atoms in total. The molecule has 2 atom stereocenters. The van der Waals surface area contributed by atoms with E-state index in [0.29, 0.717) is 25.9 Å². The molecule has 1 aliphatic heterocycles. The number of benzene rings is 1. The molecule has 1 aromatic rings. The van der Waals surface area contributed by atoms with Gasteiger partial charge in [-0.3, -0.25) is 0 Å². The van der Waals surface area contributed by atoms with Gasteiger partial charge in [0, 0.05) is 31.8 Å². The van der Waals surface area contributed by atoms with Crippen LogP contribution in [0, 0.1) is 11.6 Å². The predicted molar refractivity (Wildman–Crippen MR) is 79.8 cm³/mol. The number of hydrogen-bond acceptors (Lipinski definition) is 3. The Morgan fingerprint density at radius 3 is 2.77 bits per heavy atom. The monoisotopic (exact) mass is 313 g/mol. The number of amides is 2. The van der Waals surface area contributed by atoms with E-state index in [4.69, 9.17) is 5.11 Å². The van der Waals surface area contributed by atoms with Crippen molar-refractivity contribution in [2.45, 2.75) is 31.8 Å². The van der Waals surface area contributed by atoms with E-state index in [0.717, 1.165) is 0 Å². The number of hydrogen-bond donors (Lipinski definition) is 3. The van der Waals surface area contributed by atoms with Crippen LogP contribution in [0.25, 0.3) is 0 Å². The summed E-state index contributed by atoms with van der Waals surface area (Å²) in [4.78, 5) is 13.4. The molecule has 3 N–H and O–H groups in total. The summed E-state index contributed by atoms with van der Waals surface area (Å²) in [5.41, 5.74) is -0.0409. The Morgan fingerprint density at radius 1 is 1.45 bits per heavy atom. The van der Waals surface area contributed by atoms with Crippen LogP contribution in [0.4, 0.5) is 19.3 Å². The molecular formula is C15H21F2N3O2. The zero-order chi connectivity index (χ0) is 16.1. The summed E-state index contributed by atoms with van der Waals surface area (Å²) in [5.74, 6) is -1.19. The van der Waals surface area contributed by atoms with Crippen LogP contribution in [-0.4, -0.2) is 42.9 Å². The van der Waals surface area contributed by atoms with E-state index in [1.54, 1.807) is 11.8 Å². The smallest absolute Gasteiger partial charge is 0.315 e. The Balaban J connectivity index is 1.89. The largest absolute Gasteiger partial charge is 0.396 e. The molecule has 2 rings (SSSR count). The molecule has 1 heterocycles. The van der Waals surface area contributed by atoms with Gasteiger partial charge < -0.3 is 20.6 Å². The highest BCUT2D eigenvalue weighted by Gasteiger charge is 2.27. The standard InChI is InChI=1S/C15H21F2N3O2/c1-10(6-8-21)18-15(22)19-11-5-7-20(9-11)14-12(16)3-2-4-13(14)17/h2-4,10-11,21H,5-9H2,1H3,(H2,18,19,22)/t10-,11?/m1/s1. The Kier molecular flexibility index (Phi) is 5.54. The van der Waals surface area contributed by atoms with Crippen molar-refractivity contribution in [3.8, 4) is 0 Å². The molecule has 7 heteroatoms. The predicted octanol–water partition coefficient (Wildman–Crippen LogP) is 1.61. The minimum Gasteiger partial charge on any atom is -0.396 e. The number of para-hydroxylation sites is 1. The minimum absolute atomic E-state index is 0.00517. The van der Waals surface area contributed by atoms with Gasteiger partial charge in [0.1, 0.15) is 17.3 Å². The lowest BCUT2D eigenvalue weighted by molar-refractivity contribution is 0.228. The Labute approximate surface area is 128 Å². The molecule has 22 heavy (non-hydrogen) atoms. The van der Waals surface area contributed by atoms with Crippen LogP contribution in [-0.2, 0) is 0 Å². The fraction of sp³-hybridized carbons (Fsp3) is 0.533. The normalized spacial score (nSPS) is 19.1. The molecule has 1 fully saturated rings. The van der Waals surface area contributed by atoms with Gasteiger partial charge in [0.15, 0.2) is 0 Å². The second-order valence-corrected chi connectivity index (χ2v) is 5.53. The van der Waals surface area contributed by atoms with E-state index in [1.165, 1.54) is 18.2 Å². The third-order valence-corrected chi connectivity index (χ3v) is 3.72. The van der Waals surface area contributed by atoms with Gasteiger partial charge >= 0.3 is 6.03 Å². The summed E-state index contributed by atoms with van der Waals surface area (Å²) in [7, 11) is 0. The van der Waals surface area contributed by atoms with Gasteiger partial charge in [-0.15, -0.1) is 0 Å². The van der Waals surface area contributed by atoms with Gasteiger partial charge in [-0.25, -0.2) is 13.6 Å². The van der Waals surface area contributed by atoms with E-state index < -0.39 is 11.6 Å². The van der Waals surface area contributed by atoms with E-state index in [-0.39, 0.29) is 30.4 Å². The van der Waals surface area contributed by atoms with Crippen molar-refractivity contribution in [2.75, 3.05) is 24.6 Å². The van der Waals surface area contributed by atoms with Crippen molar-refractivity contribution in [3.63, 3.8) is 0 Å². The number of rotatable bonds is 5. The van der Waals surface area contributed by atoms with Crippen molar-refractivity contribution < 1.29 is 18.7 Å². The third kappa shape index (κ3) is 4.07. The van der Waals surface area contributed by atoms with Gasteiger partial charge in [-0.1, -0.05) is 6.07 Å². The molecule has 0 bridgehead atoms. The van der Waals surface area contributed by atoms with Crippen LogP contribution < -0.4 is 15.5 Å². The first-order valence-electron chi connectivity index (χ1n) is 7.38. The SMILES string of the molecule is C[C@H](CCO)NC(=O)NC1CCN(c2c(F)cccc2F)C1. The van der Waals surface area contributed by atoms with E-state index in [9.17, 15) is 13.6 Å². The number of aliphatic hydroxyl groups excluding tert-OH is 1.